The zero-order chi connectivity index (χ0) is 16.6. The fourth-order valence-corrected chi connectivity index (χ4v) is 3.02. The standard InChI is InChI=1S/C17H12Cl2FNO2/c1-23-17(22)12-4-2-3-10(15(12)20)9-21-8-7-11-13(18)5-6-14(19)16(11)21/h2-8H,9H2,1H3. The highest BCUT2D eigenvalue weighted by molar-refractivity contribution is 6.40. The lowest BCUT2D eigenvalue weighted by atomic mass is 10.1. The van der Waals surface area contributed by atoms with Crippen LogP contribution in [0.4, 0.5) is 4.39 Å². The topological polar surface area (TPSA) is 31.2 Å². The van der Waals surface area contributed by atoms with E-state index in [2.05, 4.69) is 4.74 Å². The van der Waals surface area contributed by atoms with Crippen molar-refractivity contribution in [3.8, 4) is 0 Å². The minimum absolute atomic E-state index is 0.0920. The molecule has 0 spiro atoms. The van der Waals surface area contributed by atoms with Crippen molar-refractivity contribution in [1.82, 2.24) is 4.57 Å². The third kappa shape index (κ3) is 2.80. The number of rotatable bonds is 3. The molecule has 0 atom stereocenters. The van der Waals surface area contributed by atoms with Crippen LogP contribution in [0.3, 0.4) is 0 Å². The van der Waals surface area contributed by atoms with Gasteiger partial charge in [0.25, 0.3) is 0 Å². The molecule has 118 valence electrons. The maximum absolute atomic E-state index is 14.5. The summed E-state index contributed by atoms with van der Waals surface area (Å²) >= 11 is 12.4. The summed E-state index contributed by atoms with van der Waals surface area (Å²) in [7, 11) is 1.22. The predicted octanol–water partition coefficient (Wildman–Crippen LogP) is 4.92. The zero-order valence-corrected chi connectivity index (χ0v) is 13.7. The first kappa shape index (κ1) is 15.8. The van der Waals surface area contributed by atoms with Crippen LogP contribution in [0, 0.1) is 5.82 Å². The first-order valence-corrected chi connectivity index (χ1v) is 7.57. The summed E-state index contributed by atoms with van der Waals surface area (Å²) in [6, 6.07) is 9.86. The van der Waals surface area contributed by atoms with E-state index in [-0.39, 0.29) is 12.1 Å². The van der Waals surface area contributed by atoms with Crippen molar-refractivity contribution >= 4 is 40.1 Å². The molecule has 0 amide bonds. The smallest absolute Gasteiger partial charge is 0.340 e. The van der Waals surface area contributed by atoms with Crippen molar-refractivity contribution in [2.24, 2.45) is 0 Å². The Hall–Kier alpha value is -2.04. The van der Waals surface area contributed by atoms with E-state index in [1.165, 1.54) is 13.2 Å². The third-order valence-corrected chi connectivity index (χ3v) is 4.28. The average molecular weight is 352 g/mol. The number of fused-ring (bicyclic) bond motifs is 1. The van der Waals surface area contributed by atoms with Crippen molar-refractivity contribution in [2.75, 3.05) is 7.11 Å². The lowest BCUT2D eigenvalue weighted by Crippen LogP contribution is -2.08. The van der Waals surface area contributed by atoms with Crippen LogP contribution in [0.25, 0.3) is 10.9 Å². The molecule has 0 radical (unpaired) electrons. The lowest BCUT2D eigenvalue weighted by Gasteiger charge is -2.10. The van der Waals surface area contributed by atoms with Crippen LogP contribution in [0.2, 0.25) is 10.0 Å². The molecule has 1 aromatic heterocycles. The molecule has 0 aliphatic carbocycles. The summed E-state index contributed by atoms with van der Waals surface area (Å²) in [6.07, 6.45) is 1.78. The molecule has 0 fully saturated rings. The van der Waals surface area contributed by atoms with Gasteiger partial charge in [-0.3, -0.25) is 0 Å². The third-order valence-electron chi connectivity index (χ3n) is 3.65. The number of carbonyl (C=O) groups is 1. The number of ether oxygens (including phenoxy) is 1. The molecular formula is C17H12Cl2FNO2. The molecule has 3 rings (SSSR count). The summed E-state index contributed by atoms with van der Waals surface area (Å²) < 4.78 is 20.9. The number of methoxy groups -OCH3 is 1. The molecule has 0 saturated carbocycles. The Balaban J connectivity index is 2.07. The molecular weight excluding hydrogens is 340 g/mol. The fourth-order valence-electron chi connectivity index (χ4n) is 2.53. The molecule has 0 saturated heterocycles. The van der Waals surface area contributed by atoms with Crippen LogP contribution in [-0.2, 0) is 11.3 Å². The number of esters is 1. The van der Waals surface area contributed by atoms with E-state index in [1.807, 2.05) is 6.07 Å². The number of hydrogen-bond donors (Lipinski definition) is 0. The van der Waals surface area contributed by atoms with Crippen molar-refractivity contribution in [1.29, 1.82) is 0 Å². The Kier molecular flexibility index (Phi) is 4.28. The molecule has 1 heterocycles. The number of nitrogens with zero attached hydrogens (tertiary/aromatic N) is 1. The van der Waals surface area contributed by atoms with Crippen LogP contribution < -0.4 is 0 Å². The van der Waals surface area contributed by atoms with Gasteiger partial charge in [0.2, 0.25) is 0 Å². The molecule has 3 aromatic rings. The van der Waals surface area contributed by atoms with E-state index in [1.54, 1.807) is 35.0 Å². The minimum atomic E-state index is -0.706. The maximum Gasteiger partial charge on any atom is 0.340 e. The molecule has 6 heteroatoms. The summed E-state index contributed by atoms with van der Waals surface area (Å²) in [5.41, 5.74) is 0.995. The van der Waals surface area contributed by atoms with Gasteiger partial charge in [0.1, 0.15) is 5.82 Å². The zero-order valence-electron chi connectivity index (χ0n) is 12.1. The normalized spacial score (nSPS) is 11.0. The van der Waals surface area contributed by atoms with Crippen molar-refractivity contribution in [2.45, 2.75) is 6.54 Å². The Morgan fingerprint density at radius 2 is 1.91 bits per heavy atom. The summed E-state index contributed by atoms with van der Waals surface area (Å²) in [6.45, 7) is 0.222. The fraction of sp³-hybridized carbons (Fsp3) is 0.118. The van der Waals surface area contributed by atoms with Gasteiger partial charge < -0.3 is 9.30 Å². The van der Waals surface area contributed by atoms with E-state index < -0.39 is 11.8 Å². The minimum Gasteiger partial charge on any atom is -0.465 e. The number of carbonyl (C=O) groups excluding carboxylic acids is 1. The molecule has 0 aliphatic heterocycles. The molecule has 0 N–H and O–H groups in total. The van der Waals surface area contributed by atoms with Gasteiger partial charge in [0.15, 0.2) is 0 Å². The Morgan fingerprint density at radius 1 is 1.17 bits per heavy atom. The summed E-state index contributed by atoms with van der Waals surface area (Å²) in [5, 5.41) is 1.90. The van der Waals surface area contributed by atoms with E-state index in [9.17, 15) is 9.18 Å². The SMILES string of the molecule is COC(=O)c1cccc(Cn2ccc3c(Cl)ccc(Cl)c32)c1F. The molecule has 0 bridgehead atoms. The van der Waals surface area contributed by atoms with Gasteiger partial charge in [0.05, 0.1) is 34.8 Å². The van der Waals surface area contributed by atoms with Crippen LogP contribution in [0.5, 0.6) is 0 Å². The Labute approximate surface area is 142 Å². The number of hydrogen-bond acceptors (Lipinski definition) is 2. The van der Waals surface area contributed by atoms with Crippen molar-refractivity contribution in [3.05, 3.63) is 69.6 Å². The largest absolute Gasteiger partial charge is 0.465 e. The monoisotopic (exact) mass is 351 g/mol. The Morgan fingerprint density at radius 3 is 2.65 bits per heavy atom. The molecule has 0 unspecified atom stereocenters. The second kappa shape index (κ2) is 6.22. The number of benzene rings is 2. The molecule has 3 nitrogen and oxygen atoms in total. The quantitative estimate of drug-likeness (QED) is 0.627. The molecule has 23 heavy (non-hydrogen) atoms. The van der Waals surface area contributed by atoms with Gasteiger partial charge in [-0.2, -0.15) is 0 Å². The van der Waals surface area contributed by atoms with Gasteiger partial charge in [-0.25, -0.2) is 9.18 Å². The van der Waals surface area contributed by atoms with Crippen molar-refractivity contribution in [3.63, 3.8) is 0 Å². The van der Waals surface area contributed by atoms with Crippen LogP contribution in [0.1, 0.15) is 15.9 Å². The highest BCUT2D eigenvalue weighted by Gasteiger charge is 2.16. The maximum atomic E-state index is 14.5. The first-order valence-electron chi connectivity index (χ1n) is 6.81. The Bertz CT molecular complexity index is 905. The second-order valence-electron chi connectivity index (χ2n) is 5.01. The van der Waals surface area contributed by atoms with Crippen LogP contribution in [0.15, 0.2) is 42.6 Å². The van der Waals surface area contributed by atoms with Gasteiger partial charge in [-0.05, 0) is 24.3 Å². The highest BCUT2D eigenvalue weighted by Crippen LogP contribution is 2.31. The number of halogens is 3. The molecule has 2 aromatic carbocycles. The van der Waals surface area contributed by atoms with E-state index in [0.717, 1.165) is 10.9 Å². The lowest BCUT2D eigenvalue weighted by molar-refractivity contribution is 0.0595. The summed E-state index contributed by atoms with van der Waals surface area (Å²) in [4.78, 5) is 11.6. The van der Waals surface area contributed by atoms with Crippen LogP contribution in [-0.4, -0.2) is 17.6 Å². The van der Waals surface area contributed by atoms with Gasteiger partial charge in [-0.15, -0.1) is 0 Å². The average Bonchev–Trinajstić information content (AvgIpc) is 2.97. The van der Waals surface area contributed by atoms with E-state index in [0.29, 0.717) is 15.6 Å². The van der Waals surface area contributed by atoms with Gasteiger partial charge in [-0.1, -0.05) is 35.3 Å². The summed E-state index contributed by atoms with van der Waals surface area (Å²) in [5.74, 6) is -1.30. The van der Waals surface area contributed by atoms with Gasteiger partial charge in [0, 0.05) is 17.1 Å². The van der Waals surface area contributed by atoms with E-state index >= 15 is 0 Å². The van der Waals surface area contributed by atoms with Crippen LogP contribution >= 0.6 is 23.2 Å². The highest BCUT2D eigenvalue weighted by atomic mass is 35.5. The molecule has 0 aliphatic rings. The number of aromatic nitrogens is 1. The predicted molar refractivity (Wildman–Crippen MR) is 88.8 cm³/mol. The van der Waals surface area contributed by atoms with Gasteiger partial charge >= 0.3 is 5.97 Å². The second-order valence-corrected chi connectivity index (χ2v) is 5.82. The van der Waals surface area contributed by atoms with E-state index in [4.69, 9.17) is 23.2 Å². The van der Waals surface area contributed by atoms with Crippen molar-refractivity contribution < 1.29 is 13.9 Å². The first-order chi connectivity index (χ1) is 11.0.